The lowest BCUT2D eigenvalue weighted by Crippen LogP contribution is -2.41. The Morgan fingerprint density at radius 3 is 2.61 bits per heavy atom. The molecule has 0 aliphatic carbocycles. The average molecular weight is 346 g/mol. The molecule has 0 aromatic heterocycles. The molecule has 0 saturated carbocycles. The van der Waals surface area contributed by atoms with E-state index in [1.165, 1.54) is 7.11 Å². The fraction of sp³-hybridized carbons (Fsp3) is 0.765. The van der Waals surface area contributed by atoms with E-state index in [0.717, 1.165) is 19.3 Å². The molecule has 2 atom stereocenters. The number of rotatable bonds is 6. The number of unbranched alkanes of at least 4 members (excludes halogenated alkanes) is 1. The number of carbonyl (C=O) groups excluding carboxylic acids is 2. The summed E-state index contributed by atoms with van der Waals surface area (Å²) in [5, 5.41) is -0.0535. The summed E-state index contributed by atoms with van der Waals surface area (Å²) in [6.07, 6.45) is 7.22. The van der Waals surface area contributed by atoms with E-state index in [0.29, 0.717) is 19.4 Å². The van der Waals surface area contributed by atoms with Crippen LogP contribution < -0.4 is 0 Å². The van der Waals surface area contributed by atoms with Gasteiger partial charge < -0.3 is 14.4 Å². The molecule has 0 N–H and O–H groups in total. The predicted octanol–water partition coefficient (Wildman–Crippen LogP) is 3.89. The number of halogens is 1. The molecule has 0 radical (unpaired) electrons. The molecule has 0 bridgehead atoms. The number of carbonyl (C=O) groups is 2. The van der Waals surface area contributed by atoms with Gasteiger partial charge in [0.1, 0.15) is 5.60 Å². The summed E-state index contributed by atoms with van der Waals surface area (Å²) in [5.74, 6) is -0.189. The van der Waals surface area contributed by atoms with Gasteiger partial charge in [0.15, 0.2) is 0 Å². The highest BCUT2D eigenvalue weighted by molar-refractivity contribution is 6.21. The zero-order chi connectivity index (χ0) is 17.5. The van der Waals surface area contributed by atoms with Crippen molar-refractivity contribution in [3.05, 3.63) is 12.2 Å². The van der Waals surface area contributed by atoms with Gasteiger partial charge in [-0.15, -0.1) is 11.6 Å². The summed E-state index contributed by atoms with van der Waals surface area (Å²) in [7, 11) is 1.39. The standard InChI is InChI=1S/C17H28ClNO4/c1-17(2,3)23-16(21)19-12-11-13(18)14(19)9-7-5-6-8-10-15(20)22-4/h5,7,13-14H,6,8-12H2,1-4H3/b7-5-/t13?,14-/m1/s1. The van der Waals surface area contributed by atoms with Gasteiger partial charge in [-0.1, -0.05) is 12.2 Å². The summed E-state index contributed by atoms with van der Waals surface area (Å²) in [6, 6.07) is -0.0385. The molecule has 0 aromatic rings. The van der Waals surface area contributed by atoms with Gasteiger partial charge in [0, 0.05) is 13.0 Å². The smallest absolute Gasteiger partial charge is 0.410 e. The quantitative estimate of drug-likeness (QED) is 0.317. The van der Waals surface area contributed by atoms with Crippen LogP contribution in [0.1, 0.15) is 52.9 Å². The normalized spacial score (nSPS) is 21.7. The molecule has 1 aliphatic heterocycles. The van der Waals surface area contributed by atoms with E-state index in [1.54, 1.807) is 4.90 Å². The molecule has 0 spiro atoms. The minimum atomic E-state index is -0.504. The minimum absolute atomic E-state index is 0.0385. The van der Waals surface area contributed by atoms with Crippen molar-refractivity contribution in [2.75, 3.05) is 13.7 Å². The van der Waals surface area contributed by atoms with E-state index in [9.17, 15) is 9.59 Å². The lowest BCUT2D eigenvalue weighted by molar-refractivity contribution is -0.140. The first-order chi connectivity index (χ1) is 10.7. The summed E-state index contributed by atoms with van der Waals surface area (Å²) in [5.41, 5.74) is -0.504. The number of alkyl halides is 1. The molecular weight excluding hydrogens is 318 g/mol. The van der Waals surface area contributed by atoms with E-state index in [-0.39, 0.29) is 23.5 Å². The maximum Gasteiger partial charge on any atom is 0.410 e. The van der Waals surface area contributed by atoms with Gasteiger partial charge in [-0.25, -0.2) is 4.79 Å². The van der Waals surface area contributed by atoms with Crippen molar-refractivity contribution >= 4 is 23.7 Å². The van der Waals surface area contributed by atoms with Gasteiger partial charge in [0.2, 0.25) is 0 Å². The molecule has 1 amide bonds. The highest BCUT2D eigenvalue weighted by Crippen LogP contribution is 2.27. The largest absolute Gasteiger partial charge is 0.469 e. The van der Waals surface area contributed by atoms with Crippen LogP contribution in [-0.4, -0.2) is 47.6 Å². The number of amides is 1. The number of hydrogen-bond donors (Lipinski definition) is 0. The van der Waals surface area contributed by atoms with Crippen molar-refractivity contribution in [1.82, 2.24) is 4.90 Å². The van der Waals surface area contributed by atoms with E-state index in [2.05, 4.69) is 4.74 Å². The fourth-order valence-electron chi connectivity index (χ4n) is 2.46. The zero-order valence-electron chi connectivity index (χ0n) is 14.5. The highest BCUT2D eigenvalue weighted by atomic mass is 35.5. The maximum atomic E-state index is 12.2. The lowest BCUT2D eigenvalue weighted by atomic mass is 10.1. The highest BCUT2D eigenvalue weighted by Gasteiger charge is 2.37. The van der Waals surface area contributed by atoms with Crippen LogP contribution in [-0.2, 0) is 14.3 Å². The van der Waals surface area contributed by atoms with E-state index < -0.39 is 5.60 Å². The molecule has 1 aliphatic rings. The number of allylic oxidation sites excluding steroid dienone is 1. The second kappa shape index (κ2) is 9.16. The van der Waals surface area contributed by atoms with Crippen LogP contribution in [0, 0.1) is 0 Å². The monoisotopic (exact) mass is 345 g/mol. The van der Waals surface area contributed by atoms with Gasteiger partial charge >= 0.3 is 12.1 Å². The summed E-state index contributed by atoms with van der Waals surface area (Å²) >= 11 is 6.34. The first kappa shape index (κ1) is 19.8. The minimum Gasteiger partial charge on any atom is -0.469 e. The molecule has 1 unspecified atom stereocenters. The van der Waals surface area contributed by atoms with E-state index in [1.807, 2.05) is 32.9 Å². The number of esters is 1. The summed E-state index contributed by atoms with van der Waals surface area (Å²) in [6.45, 7) is 6.20. The van der Waals surface area contributed by atoms with Crippen molar-refractivity contribution in [3.63, 3.8) is 0 Å². The summed E-state index contributed by atoms with van der Waals surface area (Å²) < 4.78 is 10.0. The topological polar surface area (TPSA) is 55.8 Å². The SMILES string of the molecule is COC(=O)CCC/C=C\C[C@@H]1C(Cl)CCN1C(=O)OC(C)(C)C. The maximum absolute atomic E-state index is 12.2. The Kier molecular flexibility index (Phi) is 7.89. The molecule has 1 heterocycles. The Hall–Kier alpha value is -1.23. The molecule has 5 nitrogen and oxygen atoms in total. The Morgan fingerprint density at radius 1 is 1.30 bits per heavy atom. The number of ether oxygens (including phenoxy) is 2. The number of nitrogens with zero attached hydrogens (tertiary/aromatic N) is 1. The Bertz CT molecular complexity index is 431. The number of likely N-dealkylation sites (tertiary alicyclic amines) is 1. The molecule has 6 heteroatoms. The van der Waals surface area contributed by atoms with Crippen LogP contribution in [0.25, 0.3) is 0 Å². The molecule has 1 rings (SSSR count). The van der Waals surface area contributed by atoms with E-state index in [4.69, 9.17) is 16.3 Å². The second-order valence-corrected chi connectivity index (χ2v) is 7.28. The summed E-state index contributed by atoms with van der Waals surface area (Å²) in [4.78, 5) is 25.0. The van der Waals surface area contributed by atoms with E-state index >= 15 is 0 Å². The van der Waals surface area contributed by atoms with Crippen LogP contribution in [0.4, 0.5) is 4.79 Å². The van der Waals surface area contributed by atoms with Crippen LogP contribution in [0.3, 0.4) is 0 Å². The second-order valence-electron chi connectivity index (χ2n) is 6.72. The predicted molar refractivity (Wildman–Crippen MR) is 90.6 cm³/mol. The third-order valence-electron chi connectivity index (χ3n) is 3.62. The van der Waals surface area contributed by atoms with Crippen molar-refractivity contribution in [2.45, 2.75) is 69.9 Å². The van der Waals surface area contributed by atoms with Crippen LogP contribution >= 0.6 is 11.6 Å². The Balaban J connectivity index is 2.43. The molecule has 1 saturated heterocycles. The van der Waals surface area contributed by atoms with Crippen LogP contribution in [0.5, 0.6) is 0 Å². The van der Waals surface area contributed by atoms with Crippen molar-refractivity contribution in [1.29, 1.82) is 0 Å². The van der Waals surface area contributed by atoms with Gasteiger partial charge in [0.05, 0.1) is 18.5 Å². The average Bonchev–Trinajstić information content (AvgIpc) is 2.82. The van der Waals surface area contributed by atoms with Gasteiger partial charge in [-0.2, -0.15) is 0 Å². The van der Waals surface area contributed by atoms with Gasteiger partial charge in [-0.05, 0) is 46.5 Å². The van der Waals surface area contributed by atoms with Crippen molar-refractivity contribution < 1.29 is 19.1 Å². The molecular formula is C17H28ClNO4. The molecule has 0 aromatic carbocycles. The molecule has 23 heavy (non-hydrogen) atoms. The lowest BCUT2D eigenvalue weighted by Gasteiger charge is -2.29. The first-order valence-corrected chi connectivity index (χ1v) is 8.53. The molecule has 1 fully saturated rings. The van der Waals surface area contributed by atoms with Gasteiger partial charge in [0.25, 0.3) is 0 Å². The fourth-order valence-corrected chi connectivity index (χ4v) is 2.79. The number of hydrogen-bond acceptors (Lipinski definition) is 4. The van der Waals surface area contributed by atoms with Crippen LogP contribution in [0.2, 0.25) is 0 Å². The molecule has 132 valence electrons. The first-order valence-electron chi connectivity index (χ1n) is 8.10. The Morgan fingerprint density at radius 2 is 2.00 bits per heavy atom. The van der Waals surface area contributed by atoms with Gasteiger partial charge in [-0.3, -0.25) is 4.79 Å². The third kappa shape index (κ3) is 7.25. The van der Waals surface area contributed by atoms with Crippen molar-refractivity contribution in [3.8, 4) is 0 Å². The number of methoxy groups -OCH3 is 1. The zero-order valence-corrected chi connectivity index (χ0v) is 15.3. The van der Waals surface area contributed by atoms with Crippen LogP contribution in [0.15, 0.2) is 12.2 Å². The Labute approximate surface area is 143 Å². The van der Waals surface area contributed by atoms with Crippen molar-refractivity contribution in [2.24, 2.45) is 0 Å². The third-order valence-corrected chi connectivity index (χ3v) is 4.12.